The van der Waals surface area contributed by atoms with Crippen molar-refractivity contribution in [2.45, 2.75) is 18.1 Å². The average Bonchev–Trinajstić information content (AvgIpc) is 3.02. The van der Waals surface area contributed by atoms with Crippen molar-refractivity contribution in [2.75, 3.05) is 0 Å². The summed E-state index contributed by atoms with van der Waals surface area (Å²) in [6.07, 6.45) is -3.84. The highest BCUT2D eigenvalue weighted by molar-refractivity contribution is 7.85. The van der Waals surface area contributed by atoms with Gasteiger partial charge in [-0.15, -0.1) is 5.10 Å². The van der Waals surface area contributed by atoms with Gasteiger partial charge in [0.25, 0.3) is 5.82 Å². The Morgan fingerprint density at radius 1 is 1.19 bits per heavy atom. The Labute approximate surface area is 156 Å². The molecular weight excluding hydrogens is 409 g/mol. The van der Waals surface area contributed by atoms with Gasteiger partial charge in [0, 0.05) is 10.6 Å². The first-order valence-corrected chi connectivity index (χ1v) is 9.03. The summed E-state index contributed by atoms with van der Waals surface area (Å²) in [5, 5.41) is 3.14. The molecule has 0 amide bonds. The molecule has 0 atom stereocenters. The minimum Gasteiger partial charge on any atom is -0.281 e. The molecule has 0 aliphatic heterocycles. The molecule has 0 radical (unpaired) electrons. The fraction of sp³-hybridized carbons (Fsp3) is 0.133. The summed E-state index contributed by atoms with van der Waals surface area (Å²) in [7, 11) is -4.55. The second-order valence-electron chi connectivity index (χ2n) is 5.46. The van der Waals surface area contributed by atoms with E-state index >= 15 is 0 Å². The molecule has 7 nitrogen and oxygen atoms in total. The first kappa shape index (κ1) is 19.3. The van der Waals surface area contributed by atoms with Crippen molar-refractivity contribution < 1.29 is 26.1 Å². The zero-order chi connectivity index (χ0) is 20.0. The highest BCUT2D eigenvalue weighted by Crippen LogP contribution is 2.31. The van der Waals surface area contributed by atoms with Crippen LogP contribution >= 0.6 is 11.6 Å². The highest BCUT2D eigenvalue weighted by Gasteiger charge is 2.37. The maximum absolute atomic E-state index is 13.1. The van der Waals surface area contributed by atoms with Crippen molar-refractivity contribution in [3.05, 3.63) is 52.9 Å². The fourth-order valence-corrected chi connectivity index (χ4v) is 2.79. The van der Waals surface area contributed by atoms with Gasteiger partial charge in [0.1, 0.15) is 0 Å². The number of benzene rings is 1. The van der Waals surface area contributed by atoms with Gasteiger partial charge in [-0.05, 0) is 30.7 Å². The number of nitrogens with zero attached hydrogens (tertiary/aromatic N) is 4. The molecule has 12 heteroatoms. The van der Waals surface area contributed by atoms with E-state index in [1.807, 2.05) is 0 Å². The van der Waals surface area contributed by atoms with Crippen molar-refractivity contribution in [1.82, 2.24) is 19.7 Å². The number of halogens is 4. The predicted molar refractivity (Wildman–Crippen MR) is 89.2 cm³/mol. The lowest BCUT2D eigenvalue weighted by Gasteiger charge is -2.07. The van der Waals surface area contributed by atoms with Crippen molar-refractivity contribution in [1.29, 1.82) is 0 Å². The van der Waals surface area contributed by atoms with E-state index in [4.69, 9.17) is 16.2 Å². The first-order valence-electron chi connectivity index (χ1n) is 7.21. The van der Waals surface area contributed by atoms with Crippen LogP contribution in [0.2, 0.25) is 5.02 Å². The predicted octanol–water partition coefficient (Wildman–Crippen LogP) is 3.56. The van der Waals surface area contributed by atoms with Gasteiger partial charge in [0.2, 0.25) is 0 Å². The maximum atomic E-state index is 13.1. The largest absolute Gasteiger partial charge is 0.453 e. The molecule has 0 fully saturated rings. The van der Waals surface area contributed by atoms with E-state index in [1.54, 1.807) is 13.0 Å². The molecule has 3 rings (SSSR count). The normalized spacial score (nSPS) is 12.4. The number of hydrogen-bond donors (Lipinski definition) is 1. The molecule has 2 heterocycles. The van der Waals surface area contributed by atoms with Gasteiger partial charge in [-0.2, -0.15) is 21.6 Å². The van der Waals surface area contributed by atoms with Crippen molar-refractivity contribution in [2.24, 2.45) is 0 Å². The van der Waals surface area contributed by atoms with Gasteiger partial charge in [-0.3, -0.25) is 4.55 Å². The summed E-state index contributed by atoms with van der Waals surface area (Å²) < 4.78 is 71.2. The van der Waals surface area contributed by atoms with Crippen LogP contribution in [0.5, 0.6) is 0 Å². The summed E-state index contributed by atoms with van der Waals surface area (Å²) in [6.45, 7) is 1.73. The van der Waals surface area contributed by atoms with Gasteiger partial charge < -0.3 is 0 Å². The molecule has 0 aliphatic rings. The quantitative estimate of drug-likeness (QED) is 0.653. The second-order valence-corrected chi connectivity index (χ2v) is 7.24. The van der Waals surface area contributed by atoms with Crippen molar-refractivity contribution in [3.8, 4) is 17.1 Å². The van der Waals surface area contributed by atoms with E-state index in [2.05, 4.69) is 15.1 Å². The molecule has 0 aliphatic carbocycles. The van der Waals surface area contributed by atoms with E-state index in [9.17, 15) is 21.6 Å². The molecule has 3 aromatic rings. The minimum atomic E-state index is -4.80. The third kappa shape index (κ3) is 3.94. The summed E-state index contributed by atoms with van der Waals surface area (Å²) >= 11 is 6.04. The average molecular weight is 419 g/mol. The van der Waals surface area contributed by atoms with Gasteiger partial charge in [-0.1, -0.05) is 23.7 Å². The second kappa shape index (κ2) is 6.59. The zero-order valence-corrected chi connectivity index (χ0v) is 15.0. The number of aromatic nitrogens is 4. The molecule has 27 heavy (non-hydrogen) atoms. The Morgan fingerprint density at radius 2 is 1.89 bits per heavy atom. The van der Waals surface area contributed by atoms with Crippen LogP contribution in [-0.4, -0.2) is 32.7 Å². The molecule has 0 saturated heterocycles. The van der Waals surface area contributed by atoms with E-state index in [1.165, 1.54) is 12.1 Å². The van der Waals surface area contributed by atoms with Crippen LogP contribution in [0.3, 0.4) is 0 Å². The number of pyridine rings is 1. The number of alkyl halides is 3. The molecular formula is C15H10ClF3N4O3S. The Morgan fingerprint density at radius 3 is 2.41 bits per heavy atom. The van der Waals surface area contributed by atoms with Crippen molar-refractivity contribution in [3.63, 3.8) is 0 Å². The number of hydrogen-bond acceptors (Lipinski definition) is 5. The lowest BCUT2D eigenvalue weighted by molar-refractivity contribution is -0.144. The third-order valence-electron chi connectivity index (χ3n) is 3.52. The van der Waals surface area contributed by atoms with Crippen LogP contribution in [0.1, 0.15) is 11.4 Å². The summed E-state index contributed by atoms with van der Waals surface area (Å²) in [5.74, 6) is -1.54. The zero-order valence-electron chi connectivity index (χ0n) is 13.4. The standard InChI is InChI=1S/C15H10ClF3N4O3S/c1-8-2-3-9(6-11(8)16)13-21-14(15(17,18)19)22-23(13)10-4-5-12(20-7-10)27(24,25)26/h2-7H,1H3,(H,24,25,26). The van der Waals surface area contributed by atoms with E-state index < -0.39 is 27.1 Å². The first-order chi connectivity index (χ1) is 12.5. The van der Waals surface area contributed by atoms with E-state index in [0.29, 0.717) is 5.02 Å². The van der Waals surface area contributed by atoms with E-state index in [-0.39, 0.29) is 17.1 Å². The Kier molecular flexibility index (Phi) is 4.70. The van der Waals surface area contributed by atoms with Crippen LogP contribution in [-0.2, 0) is 16.3 Å². The van der Waals surface area contributed by atoms with Crippen LogP contribution in [0.15, 0.2) is 41.6 Å². The van der Waals surface area contributed by atoms with Gasteiger partial charge >= 0.3 is 16.3 Å². The van der Waals surface area contributed by atoms with Crippen LogP contribution in [0, 0.1) is 6.92 Å². The van der Waals surface area contributed by atoms with Gasteiger partial charge in [0.05, 0.1) is 11.9 Å². The molecule has 142 valence electrons. The molecule has 2 aromatic heterocycles. The Balaban J connectivity index is 2.19. The Hall–Kier alpha value is -2.50. The van der Waals surface area contributed by atoms with Crippen LogP contribution in [0.4, 0.5) is 13.2 Å². The molecule has 0 spiro atoms. The van der Waals surface area contributed by atoms with Gasteiger partial charge in [0.15, 0.2) is 10.9 Å². The molecule has 0 unspecified atom stereocenters. The monoisotopic (exact) mass is 418 g/mol. The summed E-state index contributed by atoms with van der Waals surface area (Å²) in [4.78, 5) is 7.07. The SMILES string of the molecule is Cc1ccc(-c2nc(C(F)(F)F)nn2-c2ccc(S(=O)(=O)O)nc2)cc1Cl. The summed E-state index contributed by atoms with van der Waals surface area (Å²) in [5.41, 5.74) is 1.01. The molecule has 1 aromatic carbocycles. The summed E-state index contributed by atoms with van der Waals surface area (Å²) in [6, 6.07) is 6.67. The van der Waals surface area contributed by atoms with Crippen LogP contribution < -0.4 is 0 Å². The van der Waals surface area contributed by atoms with Crippen LogP contribution in [0.25, 0.3) is 17.1 Å². The lowest BCUT2D eigenvalue weighted by Crippen LogP contribution is -2.09. The fourth-order valence-electron chi connectivity index (χ4n) is 2.18. The molecule has 0 saturated carbocycles. The lowest BCUT2D eigenvalue weighted by atomic mass is 10.1. The number of aryl methyl sites for hydroxylation is 1. The topological polar surface area (TPSA) is 98.0 Å². The third-order valence-corrected chi connectivity index (χ3v) is 4.70. The van der Waals surface area contributed by atoms with E-state index in [0.717, 1.165) is 28.6 Å². The molecule has 1 N–H and O–H groups in total. The maximum Gasteiger partial charge on any atom is 0.453 e. The Bertz CT molecular complexity index is 1110. The smallest absolute Gasteiger partial charge is 0.281 e. The van der Waals surface area contributed by atoms with Gasteiger partial charge in [-0.25, -0.2) is 14.6 Å². The molecule has 0 bridgehead atoms. The highest BCUT2D eigenvalue weighted by atomic mass is 35.5. The number of rotatable bonds is 3. The minimum absolute atomic E-state index is 0.0112. The van der Waals surface area contributed by atoms with Crippen molar-refractivity contribution >= 4 is 21.7 Å².